The quantitative estimate of drug-likeness (QED) is 0.239. The second kappa shape index (κ2) is 9.68. The van der Waals surface area contributed by atoms with Crippen molar-refractivity contribution in [1.29, 1.82) is 0 Å². The lowest BCUT2D eigenvalue weighted by Crippen LogP contribution is -2.29. The number of nitro groups is 1. The van der Waals surface area contributed by atoms with E-state index in [4.69, 9.17) is 16.3 Å². The minimum absolute atomic E-state index is 0.0242. The second-order valence-electron chi connectivity index (χ2n) is 7.22. The minimum Gasteiger partial charge on any atom is -0.376 e. The number of nitro benzene ring substituents is 1. The van der Waals surface area contributed by atoms with Crippen LogP contribution in [0.5, 0.6) is 0 Å². The molecule has 1 aliphatic rings. The van der Waals surface area contributed by atoms with Crippen molar-refractivity contribution >= 4 is 51.5 Å². The van der Waals surface area contributed by atoms with E-state index in [0.717, 1.165) is 24.6 Å². The molecule has 1 fully saturated rings. The lowest BCUT2D eigenvalue weighted by molar-refractivity contribution is -0.384. The average Bonchev–Trinajstić information content (AvgIpc) is 3.29. The first-order valence-electron chi connectivity index (χ1n) is 9.90. The first-order chi connectivity index (χ1) is 15.4. The number of anilines is 1. The van der Waals surface area contributed by atoms with Crippen molar-refractivity contribution < 1.29 is 14.5 Å². The number of aromatic nitrogens is 2. The van der Waals surface area contributed by atoms with E-state index in [1.807, 2.05) is 0 Å². The van der Waals surface area contributed by atoms with Crippen molar-refractivity contribution in [3.05, 3.63) is 68.0 Å². The lowest BCUT2D eigenvalue weighted by atomic mass is 10.2. The summed E-state index contributed by atoms with van der Waals surface area (Å²) in [5.41, 5.74) is 0.488. The topological polar surface area (TPSA) is 116 Å². The third-order valence-electron chi connectivity index (χ3n) is 5.01. The molecule has 0 radical (unpaired) electrons. The largest absolute Gasteiger partial charge is 0.376 e. The Kier molecular flexibility index (Phi) is 6.73. The molecular formula is C21H19ClN4O5S. The molecule has 1 amide bonds. The Morgan fingerprint density at radius 3 is 2.88 bits per heavy atom. The SMILES string of the molecule is O=C(CSc1nc2ccccc2c(=O)n1CC1CCCO1)Nc1ccc([N+](=O)[O-])cc1Cl. The summed E-state index contributed by atoms with van der Waals surface area (Å²) in [6, 6.07) is 10.9. The number of non-ortho nitro benzene ring substituents is 1. The van der Waals surface area contributed by atoms with Gasteiger partial charge >= 0.3 is 0 Å². The molecule has 1 atom stereocenters. The molecule has 1 aliphatic heterocycles. The summed E-state index contributed by atoms with van der Waals surface area (Å²) in [7, 11) is 0. The van der Waals surface area contributed by atoms with Gasteiger partial charge < -0.3 is 10.1 Å². The molecule has 0 saturated carbocycles. The highest BCUT2D eigenvalue weighted by Gasteiger charge is 2.21. The first-order valence-corrected chi connectivity index (χ1v) is 11.3. The zero-order valence-electron chi connectivity index (χ0n) is 16.8. The maximum Gasteiger partial charge on any atom is 0.271 e. The molecule has 11 heteroatoms. The zero-order valence-corrected chi connectivity index (χ0v) is 18.4. The number of ether oxygens (including phenoxy) is 1. The van der Waals surface area contributed by atoms with Crippen LogP contribution in [0.2, 0.25) is 5.02 Å². The molecule has 1 aromatic heterocycles. The van der Waals surface area contributed by atoms with Crippen molar-refractivity contribution in [1.82, 2.24) is 9.55 Å². The summed E-state index contributed by atoms with van der Waals surface area (Å²) < 4.78 is 7.25. The van der Waals surface area contributed by atoms with E-state index in [1.165, 1.54) is 18.2 Å². The Bertz CT molecular complexity index is 1240. The van der Waals surface area contributed by atoms with E-state index >= 15 is 0 Å². The average molecular weight is 475 g/mol. The van der Waals surface area contributed by atoms with E-state index in [9.17, 15) is 19.7 Å². The van der Waals surface area contributed by atoms with E-state index in [0.29, 0.717) is 29.2 Å². The van der Waals surface area contributed by atoms with Crippen LogP contribution in [0, 0.1) is 10.1 Å². The van der Waals surface area contributed by atoms with E-state index in [-0.39, 0.29) is 39.7 Å². The first kappa shape index (κ1) is 22.3. The second-order valence-corrected chi connectivity index (χ2v) is 8.57. The monoisotopic (exact) mass is 474 g/mol. The van der Waals surface area contributed by atoms with Crippen LogP contribution >= 0.6 is 23.4 Å². The molecule has 1 N–H and O–H groups in total. The Morgan fingerprint density at radius 1 is 1.34 bits per heavy atom. The third kappa shape index (κ3) is 4.93. The van der Waals surface area contributed by atoms with Crippen LogP contribution < -0.4 is 10.9 Å². The number of hydrogen-bond donors (Lipinski definition) is 1. The number of carbonyl (C=O) groups is 1. The van der Waals surface area contributed by atoms with Crippen molar-refractivity contribution in [2.45, 2.75) is 30.6 Å². The molecule has 4 rings (SSSR count). The highest BCUT2D eigenvalue weighted by atomic mass is 35.5. The van der Waals surface area contributed by atoms with Crippen LogP contribution in [-0.2, 0) is 16.1 Å². The van der Waals surface area contributed by atoms with Crippen molar-refractivity contribution in [3.8, 4) is 0 Å². The number of amides is 1. The maximum atomic E-state index is 13.1. The number of carbonyl (C=O) groups excluding carboxylic acids is 1. The molecule has 3 aromatic rings. The molecular weight excluding hydrogens is 456 g/mol. The summed E-state index contributed by atoms with van der Waals surface area (Å²) >= 11 is 7.18. The van der Waals surface area contributed by atoms with Gasteiger partial charge in [0, 0.05) is 18.7 Å². The van der Waals surface area contributed by atoms with Gasteiger partial charge in [0.2, 0.25) is 5.91 Å². The number of thioether (sulfide) groups is 1. The molecule has 2 aromatic carbocycles. The molecule has 166 valence electrons. The number of fused-ring (bicyclic) bond motifs is 1. The number of nitrogens with zero attached hydrogens (tertiary/aromatic N) is 3. The van der Waals surface area contributed by atoms with E-state index in [2.05, 4.69) is 10.3 Å². The molecule has 1 saturated heterocycles. The summed E-state index contributed by atoms with van der Waals surface area (Å²) in [4.78, 5) is 40.4. The van der Waals surface area contributed by atoms with E-state index in [1.54, 1.807) is 28.8 Å². The van der Waals surface area contributed by atoms with Crippen molar-refractivity contribution in [2.24, 2.45) is 0 Å². The molecule has 0 aliphatic carbocycles. The summed E-state index contributed by atoms with van der Waals surface area (Å²) in [6.07, 6.45) is 1.74. The fourth-order valence-corrected chi connectivity index (χ4v) is 4.48. The molecule has 0 spiro atoms. The van der Waals surface area contributed by atoms with Gasteiger partial charge in [0.25, 0.3) is 11.2 Å². The zero-order chi connectivity index (χ0) is 22.7. The maximum absolute atomic E-state index is 13.1. The van der Waals surface area contributed by atoms with Gasteiger partial charge in [-0.1, -0.05) is 35.5 Å². The molecule has 32 heavy (non-hydrogen) atoms. The van der Waals surface area contributed by atoms with Gasteiger partial charge in [-0.25, -0.2) is 4.98 Å². The fraction of sp³-hybridized carbons (Fsp3) is 0.286. The van der Waals surface area contributed by atoms with Gasteiger partial charge in [0.15, 0.2) is 5.16 Å². The Balaban J connectivity index is 1.53. The predicted molar refractivity (Wildman–Crippen MR) is 122 cm³/mol. The van der Waals surface area contributed by atoms with Crippen LogP contribution in [0.25, 0.3) is 10.9 Å². The third-order valence-corrected chi connectivity index (χ3v) is 6.30. The number of hydrogen-bond acceptors (Lipinski definition) is 7. The summed E-state index contributed by atoms with van der Waals surface area (Å²) in [6.45, 7) is 1.04. The molecule has 9 nitrogen and oxygen atoms in total. The van der Waals surface area contributed by atoms with Crippen molar-refractivity contribution in [2.75, 3.05) is 17.7 Å². The smallest absolute Gasteiger partial charge is 0.271 e. The van der Waals surface area contributed by atoms with Gasteiger partial charge in [0.05, 0.1) is 44.9 Å². The van der Waals surface area contributed by atoms with Crippen LogP contribution in [0.4, 0.5) is 11.4 Å². The number of nitrogens with one attached hydrogen (secondary N) is 1. The number of rotatable bonds is 7. The predicted octanol–water partition coefficient (Wildman–Crippen LogP) is 3.87. The highest BCUT2D eigenvalue weighted by Crippen LogP contribution is 2.27. The highest BCUT2D eigenvalue weighted by molar-refractivity contribution is 7.99. The van der Waals surface area contributed by atoms with Gasteiger partial charge in [-0.15, -0.1) is 0 Å². The summed E-state index contributed by atoms with van der Waals surface area (Å²) in [5.74, 6) is -0.402. The Labute approximate surface area is 191 Å². The van der Waals surface area contributed by atoms with Crippen LogP contribution in [0.15, 0.2) is 52.4 Å². The van der Waals surface area contributed by atoms with E-state index < -0.39 is 4.92 Å². The molecule has 2 heterocycles. The van der Waals surface area contributed by atoms with Gasteiger partial charge in [-0.3, -0.25) is 24.3 Å². The number of benzene rings is 2. The number of para-hydroxylation sites is 1. The van der Waals surface area contributed by atoms with Crippen LogP contribution in [-0.4, -0.2) is 38.8 Å². The lowest BCUT2D eigenvalue weighted by Gasteiger charge is -2.16. The van der Waals surface area contributed by atoms with Crippen LogP contribution in [0.3, 0.4) is 0 Å². The normalized spacial score (nSPS) is 15.7. The molecule has 0 bridgehead atoms. The fourth-order valence-electron chi connectivity index (χ4n) is 3.45. The van der Waals surface area contributed by atoms with Gasteiger partial charge in [-0.05, 0) is 31.0 Å². The molecule has 1 unspecified atom stereocenters. The van der Waals surface area contributed by atoms with Crippen LogP contribution in [0.1, 0.15) is 12.8 Å². The van der Waals surface area contributed by atoms with Crippen molar-refractivity contribution in [3.63, 3.8) is 0 Å². The Morgan fingerprint density at radius 2 is 2.16 bits per heavy atom. The van der Waals surface area contributed by atoms with Gasteiger partial charge in [-0.2, -0.15) is 0 Å². The Hall–Kier alpha value is -2.95. The summed E-state index contributed by atoms with van der Waals surface area (Å²) in [5, 5.41) is 14.5. The minimum atomic E-state index is -0.563. The number of halogens is 1. The standard InChI is InChI=1S/C21H19ClN4O5S/c22-16-10-13(26(29)30)7-8-18(16)23-19(27)12-32-21-24-17-6-2-1-5-15(17)20(28)25(21)11-14-4-3-9-31-14/h1-2,5-8,10,14H,3-4,9,11-12H2,(H,23,27). The van der Waals surface area contributed by atoms with Gasteiger partial charge in [0.1, 0.15) is 0 Å².